The van der Waals surface area contributed by atoms with Crippen LogP contribution in [0.25, 0.3) is 0 Å². The van der Waals surface area contributed by atoms with Crippen LogP contribution in [-0.2, 0) is 19.2 Å². The molecule has 0 aliphatic heterocycles. The number of hydrogen-bond acceptors (Lipinski definition) is 5. The Balaban J connectivity index is 4.22. The van der Waals surface area contributed by atoms with Crippen molar-refractivity contribution in [2.45, 2.75) is 66.2 Å². The molecule has 0 spiro atoms. The third-order valence-electron chi connectivity index (χ3n) is 4.37. The number of hydrogen-bond donors (Lipinski definition) is 2. The third kappa shape index (κ3) is 8.43. The van der Waals surface area contributed by atoms with E-state index in [-0.39, 0.29) is 43.2 Å². The molecule has 0 unspecified atom stereocenters. The Hall–Kier alpha value is -2.23. The minimum absolute atomic E-state index is 0.0492. The van der Waals surface area contributed by atoms with Crippen molar-refractivity contribution in [3.05, 3.63) is 0 Å². The standard InChI is InChI=1S/C18H29N3O4/c1-17(2,15(24)20-5)10-8-13(22)6-7-14(23)9-11-18(3,4)16(25)21-12-19/h6-11H2,1-5H3,(H,20,24)(H,21,25). The zero-order valence-electron chi connectivity index (χ0n) is 15.8. The van der Waals surface area contributed by atoms with E-state index in [4.69, 9.17) is 5.26 Å². The highest BCUT2D eigenvalue weighted by molar-refractivity contribution is 5.88. The van der Waals surface area contributed by atoms with Crippen molar-refractivity contribution >= 4 is 23.4 Å². The van der Waals surface area contributed by atoms with Gasteiger partial charge in [0, 0.05) is 43.6 Å². The number of amides is 2. The maximum Gasteiger partial charge on any atom is 0.238 e. The molecule has 0 radical (unpaired) electrons. The van der Waals surface area contributed by atoms with Crippen LogP contribution in [0.4, 0.5) is 0 Å². The van der Waals surface area contributed by atoms with Gasteiger partial charge in [-0.3, -0.25) is 24.5 Å². The lowest BCUT2D eigenvalue weighted by molar-refractivity contribution is -0.131. The molecule has 0 aliphatic carbocycles. The highest BCUT2D eigenvalue weighted by Gasteiger charge is 2.29. The summed E-state index contributed by atoms with van der Waals surface area (Å²) < 4.78 is 0. The first-order chi connectivity index (χ1) is 11.5. The van der Waals surface area contributed by atoms with Gasteiger partial charge in [-0.05, 0) is 12.8 Å². The SMILES string of the molecule is CNC(=O)C(C)(C)CCC(=O)CCC(=O)CCC(C)(C)C(=O)NC#N. The minimum Gasteiger partial charge on any atom is -0.359 e. The molecule has 25 heavy (non-hydrogen) atoms. The van der Waals surface area contributed by atoms with Crippen molar-refractivity contribution < 1.29 is 19.2 Å². The van der Waals surface area contributed by atoms with Crippen LogP contribution < -0.4 is 10.6 Å². The van der Waals surface area contributed by atoms with Gasteiger partial charge in [-0.2, -0.15) is 5.26 Å². The fourth-order valence-corrected chi connectivity index (χ4v) is 2.22. The van der Waals surface area contributed by atoms with E-state index >= 15 is 0 Å². The second kappa shape index (κ2) is 9.92. The molecule has 140 valence electrons. The molecule has 0 aromatic rings. The molecule has 0 bridgehead atoms. The molecule has 0 atom stereocenters. The number of nitriles is 1. The molecule has 0 fully saturated rings. The third-order valence-corrected chi connectivity index (χ3v) is 4.37. The van der Waals surface area contributed by atoms with Gasteiger partial charge in [-0.25, -0.2) is 0 Å². The lowest BCUT2D eigenvalue weighted by atomic mass is 9.84. The van der Waals surface area contributed by atoms with Gasteiger partial charge in [0.05, 0.1) is 0 Å². The number of ketones is 2. The van der Waals surface area contributed by atoms with Gasteiger partial charge in [-0.1, -0.05) is 27.7 Å². The zero-order chi connectivity index (χ0) is 19.7. The average molecular weight is 351 g/mol. The highest BCUT2D eigenvalue weighted by atomic mass is 16.2. The summed E-state index contributed by atoms with van der Waals surface area (Å²) in [5.41, 5.74) is -1.43. The Morgan fingerprint density at radius 1 is 0.800 bits per heavy atom. The minimum atomic E-state index is -0.813. The Morgan fingerprint density at radius 3 is 1.56 bits per heavy atom. The van der Waals surface area contributed by atoms with E-state index < -0.39 is 16.7 Å². The summed E-state index contributed by atoms with van der Waals surface area (Å²) in [5, 5.41) is 13.1. The summed E-state index contributed by atoms with van der Waals surface area (Å²) >= 11 is 0. The van der Waals surface area contributed by atoms with E-state index in [2.05, 4.69) is 10.6 Å². The van der Waals surface area contributed by atoms with E-state index in [0.29, 0.717) is 12.8 Å². The maximum absolute atomic E-state index is 11.9. The van der Waals surface area contributed by atoms with Crippen LogP contribution in [0.5, 0.6) is 0 Å². The summed E-state index contributed by atoms with van der Waals surface area (Å²) in [6.45, 7) is 6.88. The van der Waals surface area contributed by atoms with Crippen molar-refractivity contribution in [3.8, 4) is 6.19 Å². The van der Waals surface area contributed by atoms with E-state index in [0.717, 1.165) is 0 Å². The van der Waals surface area contributed by atoms with Crippen LogP contribution in [0, 0.1) is 22.3 Å². The summed E-state index contributed by atoms with van der Waals surface area (Å²) in [5.74, 6) is -0.673. The summed E-state index contributed by atoms with van der Waals surface area (Å²) in [6, 6.07) is 0. The number of nitrogens with one attached hydrogen (secondary N) is 2. The van der Waals surface area contributed by atoms with Gasteiger partial charge in [0.15, 0.2) is 6.19 Å². The number of rotatable bonds is 11. The Morgan fingerprint density at radius 2 is 1.20 bits per heavy atom. The summed E-state index contributed by atoms with van der Waals surface area (Å²) in [7, 11) is 1.56. The van der Waals surface area contributed by atoms with Crippen molar-refractivity contribution in [1.82, 2.24) is 10.6 Å². The number of carbonyl (C=O) groups is 4. The zero-order valence-corrected chi connectivity index (χ0v) is 15.8. The van der Waals surface area contributed by atoms with Crippen LogP contribution in [0.2, 0.25) is 0 Å². The van der Waals surface area contributed by atoms with Gasteiger partial charge < -0.3 is 5.32 Å². The molecule has 7 nitrogen and oxygen atoms in total. The molecule has 7 heteroatoms. The number of Topliss-reactive ketones (excluding diaryl/α,β-unsaturated/α-hetero) is 2. The average Bonchev–Trinajstić information content (AvgIpc) is 2.55. The molecule has 2 amide bonds. The molecule has 0 heterocycles. The maximum atomic E-state index is 11.9. The molecule has 0 saturated heterocycles. The fourth-order valence-electron chi connectivity index (χ4n) is 2.22. The van der Waals surface area contributed by atoms with E-state index in [1.165, 1.54) is 0 Å². The Kier molecular flexibility index (Phi) is 9.03. The van der Waals surface area contributed by atoms with Crippen LogP contribution in [-0.4, -0.2) is 30.4 Å². The summed E-state index contributed by atoms with van der Waals surface area (Å²) in [6.07, 6.45) is 3.05. The normalized spacial score (nSPS) is 11.4. The van der Waals surface area contributed by atoms with E-state index in [9.17, 15) is 19.2 Å². The predicted octanol–water partition coefficient (Wildman–Crippen LogP) is 1.86. The van der Waals surface area contributed by atoms with Gasteiger partial charge in [0.1, 0.15) is 11.6 Å². The molecule has 0 aromatic heterocycles. The van der Waals surface area contributed by atoms with Gasteiger partial charge in [0.2, 0.25) is 11.8 Å². The monoisotopic (exact) mass is 351 g/mol. The van der Waals surface area contributed by atoms with Crippen LogP contribution in [0.1, 0.15) is 66.2 Å². The van der Waals surface area contributed by atoms with Gasteiger partial charge >= 0.3 is 0 Å². The Labute approximate surface area is 149 Å². The first-order valence-corrected chi connectivity index (χ1v) is 8.41. The van der Waals surface area contributed by atoms with E-state index in [1.54, 1.807) is 40.9 Å². The molecule has 0 saturated carbocycles. The van der Waals surface area contributed by atoms with Crippen molar-refractivity contribution in [1.29, 1.82) is 5.26 Å². The molecule has 2 N–H and O–H groups in total. The molecular formula is C18H29N3O4. The lowest BCUT2D eigenvalue weighted by Gasteiger charge is -2.22. The van der Waals surface area contributed by atoms with Gasteiger partial charge in [0.25, 0.3) is 0 Å². The number of nitrogens with zero attached hydrogens (tertiary/aromatic N) is 1. The highest BCUT2D eigenvalue weighted by Crippen LogP contribution is 2.24. The second-order valence-electron chi connectivity index (χ2n) is 7.49. The quantitative estimate of drug-likeness (QED) is 0.435. The van der Waals surface area contributed by atoms with Crippen molar-refractivity contribution in [2.75, 3.05) is 7.05 Å². The van der Waals surface area contributed by atoms with Crippen molar-refractivity contribution in [2.24, 2.45) is 10.8 Å². The van der Waals surface area contributed by atoms with Crippen LogP contribution in [0.3, 0.4) is 0 Å². The Bertz CT molecular complexity index is 559. The second-order valence-corrected chi connectivity index (χ2v) is 7.49. The number of carbonyl (C=O) groups excluding carboxylic acids is 4. The molecule has 0 aromatic carbocycles. The predicted molar refractivity (Wildman–Crippen MR) is 93.1 cm³/mol. The molecule has 0 rings (SSSR count). The first-order valence-electron chi connectivity index (χ1n) is 8.41. The first kappa shape index (κ1) is 22.8. The fraction of sp³-hybridized carbons (Fsp3) is 0.722. The van der Waals surface area contributed by atoms with Crippen molar-refractivity contribution in [3.63, 3.8) is 0 Å². The summed E-state index contributed by atoms with van der Waals surface area (Å²) in [4.78, 5) is 47.2. The lowest BCUT2D eigenvalue weighted by Crippen LogP contribution is -2.35. The van der Waals surface area contributed by atoms with Gasteiger partial charge in [-0.15, -0.1) is 0 Å². The van der Waals surface area contributed by atoms with Crippen LogP contribution >= 0.6 is 0 Å². The smallest absolute Gasteiger partial charge is 0.238 e. The molecule has 0 aliphatic rings. The largest absolute Gasteiger partial charge is 0.359 e. The van der Waals surface area contributed by atoms with E-state index in [1.807, 2.05) is 0 Å². The van der Waals surface area contributed by atoms with Crippen LogP contribution in [0.15, 0.2) is 0 Å². The topological polar surface area (TPSA) is 116 Å². The molecular weight excluding hydrogens is 322 g/mol.